The van der Waals surface area contributed by atoms with Gasteiger partial charge in [-0.2, -0.15) is 0 Å². The van der Waals surface area contributed by atoms with Gasteiger partial charge in [-0.25, -0.2) is 4.98 Å². The molecular weight excluding hydrogens is 489 g/mol. The van der Waals surface area contributed by atoms with Crippen molar-refractivity contribution in [1.29, 1.82) is 0 Å². The fourth-order valence-corrected chi connectivity index (χ4v) is 2.61. The third kappa shape index (κ3) is 8.88. The zero-order valence-corrected chi connectivity index (χ0v) is 19.3. The zero-order chi connectivity index (χ0) is 19.5. The SMILES string of the molecule is CCNC(=NCCC(=O)Nc1ccc(C)cn1)NCCc1ccccc1Cl.I. The summed E-state index contributed by atoms with van der Waals surface area (Å²) in [6.45, 7) is 5.79. The van der Waals surface area contributed by atoms with Crippen molar-refractivity contribution in [1.82, 2.24) is 15.6 Å². The van der Waals surface area contributed by atoms with E-state index in [1.54, 1.807) is 12.3 Å². The van der Waals surface area contributed by atoms with Crippen LogP contribution in [0.5, 0.6) is 0 Å². The number of benzene rings is 1. The first kappa shape index (κ1) is 24.2. The lowest BCUT2D eigenvalue weighted by molar-refractivity contribution is -0.116. The van der Waals surface area contributed by atoms with E-state index in [9.17, 15) is 4.79 Å². The van der Waals surface area contributed by atoms with Crippen LogP contribution in [0.2, 0.25) is 5.02 Å². The number of aryl methyl sites for hydroxylation is 1. The summed E-state index contributed by atoms with van der Waals surface area (Å²) < 4.78 is 0. The van der Waals surface area contributed by atoms with Crippen LogP contribution in [0.1, 0.15) is 24.5 Å². The van der Waals surface area contributed by atoms with Gasteiger partial charge in [0.05, 0.1) is 6.54 Å². The number of aliphatic imine (C=N–C) groups is 1. The average molecular weight is 516 g/mol. The van der Waals surface area contributed by atoms with E-state index in [0.29, 0.717) is 24.9 Å². The molecule has 2 aromatic rings. The van der Waals surface area contributed by atoms with Crippen LogP contribution < -0.4 is 16.0 Å². The summed E-state index contributed by atoms with van der Waals surface area (Å²) in [5.74, 6) is 1.13. The van der Waals surface area contributed by atoms with Gasteiger partial charge >= 0.3 is 0 Å². The molecule has 1 heterocycles. The monoisotopic (exact) mass is 515 g/mol. The normalized spacial score (nSPS) is 10.8. The molecular formula is C20H27ClIN5O. The summed E-state index contributed by atoms with van der Waals surface area (Å²) in [6.07, 6.45) is 2.81. The van der Waals surface area contributed by atoms with E-state index in [4.69, 9.17) is 11.6 Å². The van der Waals surface area contributed by atoms with E-state index >= 15 is 0 Å². The largest absolute Gasteiger partial charge is 0.357 e. The number of nitrogens with zero attached hydrogens (tertiary/aromatic N) is 2. The van der Waals surface area contributed by atoms with Gasteiger partial charge in [-0.1, -0.05) is 35.9 Å². The van der Waals surface area contributed by atoms with Crippen molar-refractivity contribution in [2.24, 2.45) is 4.99 Å². The molecule has 0 bridgehead atoms. The number of hydrogen-bond acceptors (Lipinski definition) is 3. The number of halogens is 2. The van der Waals surface area contributed by atoms with Gasteiger partial charge in [0.2, 0.25) is 5.91 Å². The fourth-order valence-electron chi connectivity index (χ4n) is 2.37. The fraction of sp³-hybridized carbons (Fsp3) is 0.350. The number of pyridine rings is 1. The Morgan fingerprint density at radius 2 is 1.96 bits per heavy atom. The van der Waals surface area contributed by atoms with E-state index < -0.39 is 0 Å². The Morgan fingerprint density at radius 3 is 2.64 bits per heavy atom. The van der Waals surface area contributed by atoms with Crippen molar-refractivity contribution in [3.05, 3.63) is 58.7 Å². The number of anilines is 1. The molecule has 1 aromatic carbocycles. The summed E-state index contributed by atoms with van der Waals surface area (Å²) in [5.41, 5.74) is 2.14. The number of rotatable bonds is 8. The lowest BCUT2D eigenvalue weighted by atomic mass is 10.1. The van der Waals surface area contributed by atoms with Crippen molar-refractivity contribution in [2.75, 3.05) is 25.0 Å². The Labute approximate surface area is 188 Å². The molecule has 28 heavy (non-hydrogen) atoms. The van der Waals surface area contributed by atoms with Gasteiger partial charge in [0, 0.05) is 30.7 Å². The quantitative estimate of drug-likeness (QED) is 0.284. The van der Waals surface area contributed by atoms with Gasteiger partial charge in [0.15, 0.2) is 5.96 Å². The third-order valence-electron chi connectivity index (χ3n) is 3.78. The topological polar surface area (TPSA) is 78.4 Å². The maximum atomic E-state index is 12.0. The lowest BCUT2D eigenvalue weighted by Gasteiger charge is -2.12. The van der Waals surface area contributed by atoms with Crippen LogP contribution in [0.25, 0.3) is 0 Å². The number of carbonyl (C=O) groups excluding carboxylic acids is 1. The first-order valence-corrected chi connectivity index (χ1v) is 9.44. The van der Waals surface area contributed by atoms with Crippen LogP contribution in [0.15, 0.2) is 47.6 Å². The third-order valence-corrected chi connectivity index (χ3v) is 4.15. The number of nitrogens with one attached hydrogen (secondary N) is 3. The van der Waals surface area contributed by atoms with Crippen molar-refractivity contribution >= 4 is 53.3 Å². The summed E-state index contributed by atoms with van der Waals surface area (Å²) >= 11 is 6.17. The molecule has 0 aliphatic carbocycles. The standard InChI is InChI=1S/C20H26ClN5O.HI/c1-3-22-20(23-12-10-16-6-4-5-7-17(16)21)24-13-11-19(27)26-18-9-8-15(2)14-25-18;/h4-9,14H,3,10-13H2,1-2H3,(H2,22,23,24)(H,25,26,27);1H. The summed E-state index contributed by atoms with van der Waals surface area (Å²) in [4.78, 5) is 20.6. The minimum atomic E-state index is -0.109. The zero-order valence-electron chi connectivity index (χ0n) is 16.2. The van der Waals surface area contributed by atoms with Crippen LogP contribution in [0, 0.1) is 6.92 Å². The number of carbonyl (C=O) groups is 1. The van der Waals surface area contributed by atoms with Gasteiger partial charge < -0.3 is 16.0 Å². The Bertz CT molecular complexity index is 767. The van der Waals surface area contributed by atoms with Gasteiger partial charge in [0.1, 0.15) is 5.82 Å². The highest BCUT2D eigenvalue weighted by atomic mass is 127. The van der Waals surface area contributed by atoms with E-state index in [0.717, 1.165) is 29.1 Å². The number of aromatic nitrogens is 1. The van der Waals surface area contributed by atoms with E-state index in [2.05, 4.69) is 25.9 Å². The molecule has 0 aliphatic heterocycles. The molecule has 1 amide bonds. The number of amides is 1. The van der Waals surface area contributed by atoms with Crippen LogP contribution in [0.3, 0.4) is 0 Å². The van der Waals surface area contributed by atoms with E-state index in [-0.39, 0.29) is 36.3 Å². The molecule has 6 nitrogen and oxygen atoms in total. The lowest BCUT2D eigenvalue weighted by Crippen LogP contribution is -2.38. The molecule has 0 aliphatic rings. The molecule has 152 valence electrons. The van der Waals surface area contributed by atoms with Crippen LogP contribution in [-0.4, -0.2) is 36.5 Å². The highest BCUT2D eigenvalue weighted by molar-refractivity contribution is 14.0. The van der Waals surface area contributed by atoms with Gasteiger partial charge in [-0.15, -0.1) is 24.0 Å². The molecule has 0 unspecified atom stereocenters. The molecule has 0 fully saturated rings. The Hall–Kier alpha value is -1.87. The molecule has 1 aromatic heterocycles. The summed E-state index contributed by atoms with van der Waals surface area (Å²) in [6, 6.07) is 11.5. The Balaban J connectivity index is 0.00000392. The highest BCUT2D eigenvalue weighted by Gasteiger charge is 2.04. The Morgan fingerprint density at radius 1 is 1.18 bits per heavy atom. The second kappa shape index (κ2) is 13.3. The predicted molar refractivity (Wildman–Crippen MR) is 127 cm³/mol. The Kier molecular flexibility index (Phi) is 11.5. The highest BCUT2D eigenvalue weighted by Crippen LogP contribution is 2.14. The predicted octanol–water partition coefficient (Wildman–Crippen LogP) is 3.79. The van der Waals surface area contributed by atoms with E-state index in [1.165, 1.54) is 0 Å². The van der Waals surface area contributed by atoms with Crippen molar-refractivity contribution in [2.45, 2.75) is 26.7 Å². The maximum absolute atomic E-state index is 12.0. The molecule has 0 atom stereocenters. The van der Waals surface area contributed by atoms with E-state index in [1.807, 2.05) is 44.2 Å². The summed E-state index contributed by atoms with van der Waals surface area (Å²) in [5, 5.41) is 9.97. The molecule has 0 saturated heterocycles. The maximum Gasteiger partial charge on any atom is 0.227 e. The van der Waals surface area contributed by atoms with Gasteiger partial charge in [-0.05, 0) is 43.5 Å². The molecule has 0 saturated carbocycles. The second-order valence-electron chi connectivity index (χ2n) is 6.05. The minimum Gasteiger partial charge on any atom is -0.357 e. The average Bonchev–Trinajstić information content (AvgIpc) is 2.65. The van der Waals surface area contributed by atoms with Gasteiger partial charge in [-0.3, -0.25) is 9.79 Å². The van der Waals surface area contributed by atoms with Crippen molar-refractivity contribution < 1.29 is 4.79 Å². The van der Waals surface area contributed by atoms with Crippen LogP contribution in [0.4, 0.5) is 5.82 Å². The molecule has 3 N–H and O–H groups in total. The second-order valence-corrected chi connectivity index (χ2v) is 6.46. The summed E-state index contributed by atoms with van der Waals surface area (Å²) in [7, 11) is 0. The van der Waals surface area contributed by atoms with Gasteiger partial charge in [0.25, 0.3) is 0 Å². The molecule has 2 rings (SSSR count). The van der Waals surface area contributed by atoms with Crippen molar-refractivity contribution in [3.63, 3.8) is 0 Å². The number of hydrogen-bond donors (Lipinski definition) is 3. The number of guanidine groups is 1. The smallest absolute Gasteiger partial charge is 0.227 e. The molecule has 0 radical (unpaired) electrons. The van der Waals surface area contributed by atoms with Crippen LogP contribution in [-0.2, 0) is 11.2 Å². The molecule has 0 spiro atoms. The van der Waals surface area contributed by atoms with Crippen LogP contribution >= 0.6 is 35.6 Å². The first-order chi connectivity index (χ1) is 13.1. The first-order valence-electron chi connectivity index (χ1n) is 9.06. The molecule has 8 heteroatoms. The van der Waals surface area contributed by atoms with Crippen molar-refractivity contribution in [3.8, 4) is 0 Å². The minimum absolute atomic E-state index is 0.